The van der Waals surface area contributed by atoms with Crippen molar-refractivity contribution in [1.82, 2.24) is 20.0 Å². The van der Waals surface area contributed by atoms with Crippen LogP contribution in [0.5, 0.6) is 0 Å². The number of morpholine rings is 1. The van der Waals surface area contributed by atoms with E-state index < -0.39 is 23.3 Å². The van der Waals surface area contributed by atoms with Crippen LogP contribution >= 0.6 is 0 Å². The third-order valence-electron chi connectivity index (χ3n) is 4.34. The molecule has 0 aliphatic carbocycles. The first-order chi connectivity index (χ1) is 12.2. The summed E-state index contributed by atoms with van der Waals surface area (Å²) in [5.74, 6) is -1.08. The molecule has 0 bridgehead atoms. The molecule has 2 heterocycles. The Kier molecular flexibility index (Phi) is 6.51. The predicted molar refractivity (Wildman–Crippen MR) is 94.8 cm³/mol. The van der Waals surface area contributed by atoms with E-state index in [2.05, 4.69) is 5.10 Å². The van der Waals surface area contributed by atoms with E-state index in [4.69, 9.17) is 10.5 Å². The molecule has 1 saturated heterocycles. The number of hydrazine groups is 1. The highest BCUT2D eigenvalue weighted by molar-refractivity contribution is 5.92. The maximum atomic E-state index is 13.2. The summed E-state index contributed by atoms with van der Waals surface area (Å²) in [6, 6.07) is 0.736. The maximum absolute atomic E-state index is 13.2. The summed E-state index contributed by atoms with van der Waals surface area (Å²) in [6.07, 6.45) is 1.15. The first kappa shape index (κ1) is 20.5. The summed E-state index contributed by atoms with van der Waals surface area (Å²) in [5.41, 5.74) is 5.53. The quantitative estimate of drug-likeness (QED) is 0.722. The zero-order valence-electron chi connectivity index (χ0n) is 15.9. The van der Waals surface area contributed by atoms with Crippen molar-refractivity contribution >= 4 is 11.8 Å². The Hall–Kier alpha value is -1.81. The van der Waals surface area contributed by atoms with Gasteiger partial charge in [-0.15, -0.1) is 5.17 Å². The number of carbonyl (C=O) groups excluding carboxylic acids is 2. The average Bonchev–Trinajstić information content (AvgIpc) is 3.05. The fourth-order valence-corrected chi connectivity index (χ4v) is 2.91. The molecule has 146 valence electrons. The lowest BCUT2D eigenvalue weighted by Crippen LogP contribution is -2.55. The Morgan fingerprint density at radius 3 is 2.50 bits per heavy atom. The molecule has 1 unspecified atom stereocenters. The molecule has 1 atom stereocenters. The van der Waals surface area contributed by atoms with Crippen LogP contribution in [0.2, 0.25) is 0 Å². The van der Waals surface area contributed by atoms with Crippen molar-refractivity contribution < 1.29 is 19.5 Å². The Morgan fingerprint density at radius 2 is 2.00 bits per heavy atom. The first-order valence-corrected chi connectivity index (χ1v) is 8.92. The lowest BCUT2D eigenvalue weighted by molar-refractivity contribution is -0.278. The summed E-state index contributed by atoms with van der Waals surface area (Å²) in [7, 11) is 0. The van der Waals surface area contributed by atoms with E-state index in [-0.39, 0.29) is 5.69 Å². The molecule has 0 radical (unpaired) electrons. The van der Waals surface area contributed by atoms with Gasteiger partial charge in [-0.3, -0.25) is 14.8 Å². The van der Waals surface area contributed by atoms with Crippen molar-refractivity contribution in [3.05, 3.63) is 17.5 Å². The van der Waals surface area contributed by atoms with E-state index in [1.54, 1.807) is 11.1 Å². The van der Waals surface area contributed by atoms with E-state index in [0.29, 0.717) is 44.8 Å². The van der Waals surface area contributed by atoms with Crippen LogP contribution in [0.15, 0.2) is 6.07 Å². The van der Waals surface area contributed by atoms with Crippen molar-refractivity contribution in [3.8, 4) is 0 Å². The number of amides is 1. The van der Waals surface area contributed by atoms with Gasteiger partial charge in [0.25, 0.3) is 11.8 Å². The zero-order valence-corrected chi connectivity index (χ0v) is 15.9. The van der Waals surface area contributed by atoms with Crippen LogP contribution in [0.4, 0.5) is 0 Å². The monoisotopic (exact) mass is 367 g/mol. The van der Waals surface area contributed by atoms with Gasteiger partial charge < -0.3 is 10.5 Å². The molecule has 1 amide bonds. The second kappa shape index (κ2) is 8.26. The molecule has 3 N–H and O–H groups in total. The third-order valence-corrected chi connectivity index (χ3v) is 4.34. The smallest absolute Gasteiger partial charge is 0.269 e. The van der Waals surface area contributed by atoms with E-state index >= 15 is 0 Å². The van der Waals surface area contributed by atoms with Crippen molar-refractivity contribution in [2.24, 2.45) is 5.73 Å². The number of nitrogens with zero attached hydrogens (tertiary/aromatic N) is 4. The van der Waals surface area contributed by atoms with Crippen LogP contribution in [0.1, 0.15) is 61.5 Å². The zero-order chi connectivity index (χ0) is 19.5. The highest BCUT2D eigenvalue weighted by Crippen LogP contribution is 2.24. The number of ether oxygens (including phenoxy) is 1. The largest absolute Gasteiger partial charge is 0.379 e. The molecular weight excluding hydrogens is 338 g/mol. The highest BCUT2D eigenvalue weighted by Gasteiger charge is 2.34. The number of carbonyl (C=O) groups is 2. The van der Waals surface area contributed by atoms with Crippen LogP contribution in [0, 0.1) is 0 Å². The fraction of sp³-hybridized carbons (Fsp3) is 0.706. The van der Waals surface area contributed by atoms with Gasteiger partial charge >= 0.3 is 0 Å². The van der Waals surface area contributed by atoms with Crippen molar-refractivity contribution in [3.63, 3.8) is 0 Å². The number of nitrogens with two attached hydrogens (primary N) is 1. The van der Waals surface area contributed by atoms with E-state index in [9.17, 15) is 14.8 Å². The fourth-order valence-electron chi connectivity index (χ4n) is 2.91. The Morgan fingerprint density at radius 1 is 1.38 bits per heavy atom. The minimum atomic E-state index is -0.806. The average molecular weight is 367 g/mol. The minimum Gasteiger partial charge on any atom is -0.379 e. The molecule has 0 spiro atoms. The van der Waals surface area contributed by atoms with Crippen LogP contribution in [-0.2, 0) is 10.2 Å². The molecule has 1 aliphatic rings. The van der Waals surface area contributed by atoms with Crippen molar-refractivity contribution in [2.45, 2.75) is 52.0 Å². The maximum Gasteiger partial charge on any atom is 0.269 e. The molecule has 1 fully saturated rings. The minimum absolute atomic E-state index is 0.0365. The van der Waals surface area contributed by atoms with Gasteiger partial charge in [-0.1, -0.05) is 34.1 Å². The van der Waals surface area contributed by atoms with Gasteiger partial charge in [-0.2, -0.15) is 5.10 Å². The topological polar surface area (TPSA) is 114 Å². The Bertz CT molecular complexity index is 646. The second-order valence-electron chi connectivity index (χ2n) is 7.47. The molecule has 2 rings (SSSR count). The number of hydrogen-bond acceptors (Lipinski definition) is 7. The van der Waals surface area contributed by atoms with Gasteiger partial charge in [0, 0.05) is 18.5 Å². The van der Waals surface area contributed by atoms with E-state index in [1.807, 2.05) is 27.7 Å². The van der Waals surface area contributed by atoms with Gasteiger partial charge in [0.15, 0.2) is 5.69 Å². The van der Waals surface area contributed by atoms with Crippen LogP contribution in [-0.4, -0.2) is 69.3 Å². The molecule has 1 aromatic heterocycles. The van der Waals surface area contributed by atoms with E-state index in [1.165, 1.54) is 4.68 Å². The number of hydrogen-bond donors (Lipinski definition) is 2. The van der Waals surface area contributed by atoms with Gasteiger partial charge in [0.1, 0.15) is 6.04 Å². The lowest BCUT2D eigenvalue weighted by atomic mass is 9.91. The normalized spacial score (nSPS) is 17.5. The first-order valence-electron chi connectivity index (χ1n) is 8.92. The van der Waals surface area contributed by atoms with Crippen LogP contribution in [0.3, 0.4) is 0 Å². The summed E-state index contributed by atoms with van der Waals surface area (Å²) >= 11 is 0. The van der Waals surface area contributed by atoms with E-state index in [0.717, 1.165) is 5.17 Å². The molecule has 9 heteroatoms. The van der Waals surface area contributed by atoms with Gasteiger partial charge in [-0.25, -0.2) is 9.69 Å². The molecule has 1 aliphatic heterocycles. The summed E-state index contributed by atoms with van der Waals surface area (Å²) in [5, 5.41) is 17.5. The van der Waals surface area contributed by atoms with Crippen molar-refractivity contribution in [1.29, 1.82) is 0 Å². The molecule has 1 aromatic rings. The Labute approximate surface area is 153 Å². The molecular formula is C17H29N5O4. The summed E-state index contributed by atoms with van der Waals surface area (Å²) in [4.78, 5) is 24.8. The SMILES string of the molecule is CCCC(C(=O)n1nc(C(N)=O)cc1C(C)(C)C)N(O)N1CCOCC1. The number of rotatable bonds is 6. The standard InChI is InChI=1S/C17H29N5O4/c1-5-6-13(22(25)20-7-9-26-10-8-20)16(24)21-14(17(2,3)4)11-12(19-21)15(18)23/h11,13,25H,5-10H2,1-4H3,(H2,18,23). The van der Waals surface area contributed by atoms with Gasteiger partial charge in [0.2, 0.25) is 0 Å². The summed E-state index contributed by atoms with van der Waals surface area (Å²) < 4.78 is 6.51. The number of hydroxylamine groups is 1. The lowest BCUT2D eigenvalue weighted by Gasteiger charge is -2.37. The third kappa shape index (κ3) is 4.47. The van der Waals surface area contributed by atoms with Crippen LogP contribution in [0.25, 0.3) is 0 Å². The van der Waals surface area contributed by atoms with Gasteiger partial charge in [0.05, 0.1) is 18.9 Å². The molecule has 0 aromatic carbocycles. The Balaban J connectivity index is 2.37. The number of primary amides is 1. The predicted octanol–water partition coefficient (Wildman–Crippen LogP) is 1.03. The van der Waals surface area contributed by atoms with Crippen LogP contribution < -0.4 is 5.73 Å². The molecule has 26 heavy (non-hydrogen) atoms. The second-order valence-corrected chi connectivity index (χ2v) is 7.47. The number of aromatic nitrogens is 2. The molecule has 0 saturated carbocycles. The highest BCUT2D eigenvalue weighted by atomic mass is 16.6. The summed E-state index contributed by atoms with van der Waals surface area (Å²) in [6.45, 7) is 9.69. The van der Waals surface area contributed by atoms with Gasteiger partial charge in [-0.05, 0) is 12.5 Å². The van der Waals surface area contributed by atoms with Crippen molar-refractivity contribution in [2.75, 3.05) is 26.3 Å². The molecule has 9 nitrogen and oxygen atoms in total.